The zero-order chi connectivity index (χ0) is 14.4. The minimum absolute atomic E-state index is 0.114. The summed E-state index contributed by atoms with van der Waals surface area (Å²) in [5.41, 5.74) is 1.23. The second kappa shape index (κ2) is 7.53. The van der Waals surface area contributed by atoms with E-state index in [1.54, 1.807) is 7.11 Å². The van der Waals surface area contributed by atoms with E-state index in [4.69, 9.17) is 9.47 Å². The van der Waals surface area contributed by atoms with Crippen molar-refractivity contribution in [3.8, 4) is 11.5 Å². The van der Waals surface area contributed by atoms with Gasteiger partial charge in [-0.15, -0.1) is 0 Å². The SMILES string of the molecule is CCc1ccc(OC2CCCCCCC2O)c(OC)c1. The first kappa shape index (κ1) is 15.2. The number of ether oxygens (including phenoxy) is 2. The fourth-order valence-corrected chi connectivity index (χ4v) is 2.76. The van der Waals surface area contributed by atoms with E-state index in [0.29, 0.717) is 0 Å². The summed E-state index contributed by atoms with van der Waals surface area (Å²) in [4.78, 5) is 0. The van der Waals surface area contributed by atoms with Crippen LogP contribution in [0.15, 0.2) is 18.2 Å². The van der Waals surface area contributed by atoms with Gasteiger partial charge in [-0.05, 0) is 43.4 Å². The molecule has 0 radical (unpaired) electrons. The monoisotopic (exact) mass is 278 g/mol. The van der Waals surface area contributed by atoms with Crippen LogP contribution in [0.3, 0.4) is 0 Å². The first-order chi connectivity index (χ1) is 9.74. The lowest BCUT2D eigenvalue weighted by molar-refractivity contribution is 0.0174. The smallest absolute Gasteiger partial charge is 0.161 e. The second-order valence-corrected chi connectivity index (χ2v) is 5.55. The van der Waals surface area contributed by atoms with E-state index < -0.39 is 0 Å². The maximum absolute atomic E-state index is 10.2. The van der Waals surface area contributed by atoms with Gasteiger partial charge in [-0.1, -0.05) is 32.3 Å². The van der Waals surface area contributed by atoms with Crippen molar-refractivity contribution >= 4 is 0 Å². The van der Waals surface area contributed by atoms with Crippen molar-refractivity contribution in [2.45, 2.75) is 64.1 Å². The van der Waals surface area contributed by atoms with Crippen LogP contribution in [0.25, 0.3) is 0 Å². The van der Waals surface area contributed by atoms with Crippen LogP contribution in [-0.2, 0) is 6.42 Å². The summed E-state index contributed by atoms with van der Waals surface area (Å²) in [6.45, 7) is 2.12. The lowest BCUT2D eigenvalue weighted by Gasteiger charge is -2.27. The Labute approximate surface area is 121 Å². The third-order valence-electron chi connectivity index (χ3n) is 4.08. The molecule has 112 valence electrons. The molecule has 3 nitrogen and oxygen atoms in total. The Morgan fingerprint density at radius 3 is 2.55 bits per heavy atom. The van der Waals surface area contributed by atoms with Crippen LogP contribution in [-0.4, -0.2) is 24.4 Å². The van der Waals surface area contributed by atoms with Crippen molar-refractivity contribution in [1.82, 2.24) is 0 Å². The molecule has 0 amide bonds. The molecule has 20 heavy (non-hydrogen) atoms. The number of methoxy groups -OCH3 is 1. The molecule has 0 bridgehead atoms. The van der Waals surface area contributed by atoms with Gasteiger partial charge < -0.3 is 14.6 Å². The van der Waals surface area contributed by atoms with Gasteiger partial charge in [0, 0.05) is 0 Å². The number of benzene rings is 1. The van der Waals surface area contributed by atoms with Crippen molar-refractivity contribution < 1.29 is 14.6 Å². The number of hydrogen-bond donors (Lipinski definition) is 1. The highest BCUT2D eigenvalue weighted by Crippen LogP contribution is 2.31. The molecule has 1 aromatic rings. The largest absolute Gasteiger partial charge is 0.493 e. The summed E-state index contributed by atoms with van der Waals surface area (Å²) >= 11 is 0. The van der Waals surface area contributed by atoms with Gasteiger partial charge in [0.2, 0.25) is 0 Å². The van der Waals surface area contributed by atoms with E-state index in [-0.39, 0.29) is 12.2 Å². The standard InChI is InChI=1S/C17H26O3/c1-3-13-10-11-16(17(12-13)19-2)20-15-9-7-5-4-6-8-14(15)18/h10-12,14-15,18H,3-9H2,1-2H3. The molecule has 0 aliphatic heterocycles. The molecule has 2 rings (SSSR count). The van der Waals surface area contributed by atoms with Crippen molar-refractivity contribution in [3.05, 3.63) is 23.8 Å². The van der Waals surface area contributed by atoms with Crippen molar-refractivity contribution in [1.29, 1.82) is 0 Å². The van der Waals surface area contributed by atoms with E-state index in [0.717, 1.165) is 43.6 Å². The summed E-state index contributed by atoms with van der Waals surface area (Å²) in [7, 11) is 1.66. The minimum Gasteiger partial charge on any atom is -0.493 e. The molecule has 2 unspecified atom stereocenters. The van der Waals surface area contributed by atoms with Crippen molar-refractivity contribution in [3.63, 3.8) is 0 Å². The molecule has 0 heterocycles. The maximum Gasteiger partial charge on any atom is 0.161 e. The molecule has 0 aromatic heterocycles. The van der Waals surface area contributed by atoms with Crippen LogP contribution in [0.5, 0.6) is 11.5 Å². The average molecular weight is 278 g/mol. The summed E-state index contributed by atoms with van der Waals surface area (Å²) in [5.74, 6) is 1.51. The predicted octanol–water partition coefficient (Wildman–Crippen LogP) is 3.72. The number of hydrogen-bond acceptors (Lipinski definition) is 3. The highest BCUT2D eigenvalue weighted by Gasteiger charge is 2.23. The van der Waals surface area contributed by atoms with E-state index in [1.807, 2.05) is 12.1 Å². The highest BCUT2D eigenvalue weighted by molar-refractivity contribution is 5.43. The summed E-state index contributed by atoms with van der Waals surface area (Å²) in [5, 5.41) is 10.2. The van der Waals surface area contributed by atoms with Crippen LogP contribution in [0, 0.1) is 0 Å². The molecule has 1 N–H and O–H groups in total. The van der Waals surface area contributed by atoms with Gasteiger partial charge in [0.15, 0.2) is 11.5 Å². The Kier molecular flexibility index (Phi) is 5.72. The van der Waals surface area contributed by atoms with Gasteiger partial charge in [-0.3, -0.25) is 0 Å². The third kappa shape index (κ3) is 3.89. The first-order valence-corrected chi connectivity index (χ1v) is 7.76. The summed E-state index contributed by atoms with van der Waals surface area (Å²) < 4.78 is 11.5. The van der Waals surface area contributed by atoms with Gasteiger partial charge in [-0.25, -0.2) is 0 Å². The van der Waals surface area contributed by atoms with Crippen LogP contribution < -0.4 is 9.47 Å². The summed E-state index contributed by atoms with van der Waals surface area (Å²) in [6.07, 6.45) is 6.91. The molecule has 1 aliphatic rings. The number of rotatable bonds is 4. The normalized spacial score (nSPS) is 23.8. The molecule has 2 atom stereocenters. The van der Waals surface area contributed by atoms with Gasteiger partial charge in [0.25, 0.3) is 0 Å². The Bertz CT molecular complexity index is 417. The number of aliphatic hydroxyl groups excluding tert-OH is 1. The minimum atomic E-state index is -0.370. The Hall–Kier alpha value is -1.22. The van der Waals surface area contributed by atoms with Crippen LogP contribution in [0.4, 0.5) is 0 Å². The van der Waals surface area contributed by atoms with Crippen LogP contribution >= 0.6 is 0 Å². The molecule has 1 aliphatic carbocycles. The summed E-state index contributed by atoms with van der Waals surface area (Å²) in [6, 6.07) is 6.04. The molecule has 1 fully saturated rings. The molecule has 3 heteroatoms. The third-order valence-corrected chi connectivity index (χ3v) is 4.08. The molecule has 0 saturated heterocycles. The Morgan fingerprint density at radius 1 is 1.10 bits per heavy atom. The van der Waals surface area contributed by atoms with Gasteiger partial charge in [0.1, 0.15) is 6.10 Å². The zero-order valence-corrected chi connectivity index (χ0v) is 12.6. The second-order valence-electron chi connectivity index (χ2n) is 5.55. The average Bonchev–Trinajstić information content (AvgIpc) is 2.47. The van der Waals surface area contributed by atoms with E-state index in [1.165, 1.54) is 18.4 Å². The number of aliphatic hydroxyl groups is 1. The maximum atomic E-state index is 10.2. The van der Waals surface area contributed by atoms with Crippen LogP contribution in [0.2, 0.25) is 0 Å². The Morgan fingerprint density at radius 2 is 1.85 bits per heavy atom. The molecule has 1 aromatic carbocycles. The highest BCUT2D eigenvalue weighted by atomic mass is 16.5. The molecule has 1 saturated carbocycles. The van der Waals surface area contributed by atoms with E-state index in [2.05, 4.69) is 13.0 Å². The lowest BCUT2D eigenvalue weighted by atomic mass is 9.96. The van der Waals surface area contributed by atoms with E-state index in [9.17, 15) is 5.11 Å². The topological polar surface area (TPSA) is 38.7 Å². The predicted molar refractivity (Wildman–Crippen MR) is 80.5 cm³/mol. The van der Waals surface area contributed by atoms with Gasteiger partial charge in [-0.2, -0.15) is 0 Å². The van der Waals surface area contributed by atoms with Crippen LogP contribution in [0.1, 0.15) is 51.0 Å². The van der Waals surface area contributed by atoms with Crippen molar-refractivity contribution in [2.75, 3.05) is 7.11 Å². The lowest BCUT2D eigenvalue weighted by Crippen LogP contribution is -2.32. The quantitative estimate of drug-likeness (QED) is 0.912. The zero-order valence-electron chi connectivity index (χ0n) is 12.6. The Balaban J connectivity index is 2.10. The first-order valence-electron chi connectivity index (χ1n) is 7.76. The number of aryl methyl sites for hydroxylation is 1. The molecule has 0 spiro atoms. The van der Waals surface area contributed by atoms with E-state index >= 15 is 0 Å². The van der Waals surface area contributed by atoms with Gasteiger partial charge in [0.05, 0.1) is 13.2 Å². The molecular weight excluding hydrogens is 252 g/mol. The fraction of sp³-hybridized carbons (Fsp3) is 0.647. The fourth-order valence-electron chi connectivity index (χ4n) is 2.76. The molecular formula is C17H26O3. The van der Waals surface area contributed by atoms with Gasteiger partial charge >= 0.3 is 0 Å². The van der Waals surface area contributed by atoms with Crippen molar-refractivity contribution in [2.24, 2.45) is 0 Å².